The highest BCUT2D eigenvalue weighted by Crippen LogP contribution is 2.32. The summed E-state index contributed by atoms with van der Waals surface area (Å²) in [7, 11) is 0. The summed E-state index contributed by atoms with van der Waals surface area (Å²) in [6.07, 6.45) is 11.7. The van der Waals surface area contributed by atoms with Crippen molar-refractivity contribution in [2.24, 2.45) is 0 Å². The molecule has 1 atom stereocenters. The van der Waals surface area contributed by atoms with E-state index in [4.69, 9.17) is 14.5 Å². The van der Waals surface area contributed by atoms with Crippen molar-refractivity contribution in [3.63, 3.8) is 0 Å². The Morgan fingerprint density at radius 2 is 2.06 bits per heavy atom. The van der Waals surface area contributed by atoms with E-state index >= 15 is 0 Å². The van der Waals surface area contributed by atoms with E-state index in [2.05, 4.69) is 20.2 Å². The highest BCUT2D eigenvalue weighted by molar-refractivity contribution is 5.77. The molecule has 0 saturated carbocycles. The van der Waals surface area contributed by atoms with E-state index in [-0.39, 0.29) is 18.7 Å². The van der Waals surface area contributed by atoms with Crippen molar-refractivity contribution in [2.45, 2.75) is 44.7 Å². The monoisotopic (exact) mass is 434 g/mol. The van der Waals surface area contributed by atoms with Gasteiger partial charge in [0.25, 0.3) is 0 Å². The Balaban J connectivity index is 1.26. The number of aromatic nitrogens is 4. The minimum Gasteiger partial charge on any atom is -0.454 e. The number of ether oxygens (including phenoxy) is 2. The van der Waals surface area contributed by atoms with Crippen LogP contribution in [0.4, 0.5) is 5.82 Å². The molecule has 0 radical (unpaired) electrons. The minimum absolute atomic E-state index is 0.0310. The summed E-state index contributed by atoms with van der Waals surface area (Å²) in [4.78, 5) is 28.3. The Morgan fingerprint density at radius 3 is 2.97 bits per heavy atom. The maximum absolute atomic E-state index is 12.8. The maximum atomic E-state index is 12.8. The maximum Gasteiger partial charge on any atom is 0.236 e. The normalized spacial score (nSPS) is 17.8. The predicted octanol–water partition coefficient (Wildman–Crippen LogP) is 2.85. The van der Waals surface area contributed by atoms with E-state index in [1.165, 1.54) is 0 Å². The van der Waals surface area contributed by atoms with Crippen LogP contribution in [0.1, 0.15) is 37.7 Å². The molecule has 2 aliphatic rings. The van der Waals surface area contributed by atoms with Gasteiger partial charge in [0.15, 0.2) is 11.5 Å². The SMILES string of the molecule is O=C(CC1CCCCCN1c1ccnc(-n2ccnc2)n1)NCc1ccc2c(c1)OCO2. The molecular formula is C23H26N6O3. The number of nitrogens with zero attached hydrogens (tertiary/aromatic N) is 5. The molecule has 3 aromatic rings. The van der Waals surface area contributed by atoms with Crippen molar-refractivity contribution in [3.8, 4) is 17.4 Å². The fourth-order valence-corrected chi connectivity index (χ4v) is 4.23. The second-order valence-electron chi connectivity index (χ2n) is 8.05. The fraction of sp³-hybridized carbons (Fsp3) is 0.391. The molecule has 9 heteroatoms. The van der Waals surface area contributed by atoms with Gasteiger partial charge in [-0.3, -0.25) is 9.36 Å². The van der Waals surface area contributed by atoms with Crippen molar-refractivity contribution in [1.29, 1.82) is 0 Å². The molecule has 166 valence electrons. The van der Waals surface area contributed by atoms with E-state index < -0.39 is 0 Å². The van der Waals surface area contributed by atoms with Crippen molar-refractivity contribution in [2.75, 3.05) is 18.2 Å². The first kappa shape index (κ1) is 20.3. The number of carbonyl (C=O) groups excluding carboxylic acids is 1. The third-order valence-corrected chi connectivity index (χ3v) is 5.88. The van der Waals surface area contributed by atoms with Crippen molar-refractivity contribution >= 4 is 11.7 Å². The molecule has 32 heavy (non-hydrogen) atoms. The van der Waals surface area contributed by atoms with Crippen molar-refractivity contribution < 1.29 is 14.3 Å². The topological polar surface area (TPSA) is 94.4 Å². The number of amides is 1. The van der Waals surface area contributed by atoms with Gasteiger partial charge >= 0.3 is 0 Å². The molecule has 1 unspecified atom stereocenters. The van der Waals surface area contributed by atoms with Gasteiger partial charge in [0, 0.05) is 44.1 Å². The number of carbonyl (C=O) groups is 1. The summed E-state index contributed by atoms with van der Waals surface area (Å²) >= 11 is 0. The molecule has 1 amide bonds. The van der Waals surface area contributed by atoms with Crippen LogP contribution in [0.15, 0.2) is 49.2 Å². The van der Waals surface area contributed by atoms with Crippen LogP contribution in [0, 0.1) is 0 Å². The Bertz CT molecular complexity index is 1070. The number of hydrogen-bond donors (Lipinski definition) is 1. The second-order valence-corrected chi connectivity index (χ2v) is 8.05. The Hall–Kier alpha value is -3.62. The average molecular weight is 435 g/mol. The van der Waals surface area contributed by atoms with Crippen LogP contribution in [-0.4, -0.2) is 44.8 Å². The zero-order valence-corrected chi connectivity index (χ0v) is 17.8. The number of nitrogens with one attached hydrogen (secondary N) is 1. The molecule has 1 N–H and O–H groups in total. The molecule has 2 aromatic heterocycles. The molecule has 0 bridgehead atoms. The molecule has 9 nitrogen and oxygen atoms in total. The first-order chi connectivity index (χ1) is 15.8. The summed E-state index contributed by atoms with van der Waals surface area (Å²) in [6.45, 7) is 1.58. The largest absolute Gasteiger partial charge is 0.454 e. The van der Waals surface area contributed by atoms with Gasteiger partial charge in [-0.15, -0.1) is 0 Å². The van der Waals surface area contributed by atoms with Gasteiger partial charge in [0.05, 0.1) is 0 Å². The van der Waals surface area contributed by atoms with Gasteiger partial charge < -0.3 is 19.7 Å². The lowest BCUT2D eigenvalue weighted by Gasteiger charge is -2.31. The Kier molecular flexibility index (Phi) is 5.87. The Morgan fingerprint density at radius 1 is 1.12 bits per heavy atom. The number of fused-ring (bicyclic) bond motifs is 1. The third kappa shape index (κ3) is 4.51. The predicted molar refractivity (Wildman–Crippen MR) is 118 cm³/mol. The number of hydrogen-bond acceptors (Lipinski definition) is 7. The molecule has 1 fully saturated rings. The van der Waals surface area contributed by atoms with Crippen LogP contribution >= 0.6 is 0 Å². The number of imidazole rings is 1. The van der Waals surface area contributed by atoms with Gasteiger partial charge in [0.2, 0.25) is 18.6 Å². The number of anilines is 1. The zero-order valence-electron chi connectivity index (χ0n) is 17.8. The summed E-state index contributed by atoms with van der Waals surface area (Å²) in [6, 6.07) is 7.76. The van der Waals surface area contributed by atoms with E-state index in [1.807, 2.05) is 30.5 Å². The number of rotatable bonds is 6. The molecule has 0 spiro atoms. The highest BCUT2D eigenvalue weighted by atomic mass is 16.7. The lowest BCUT2D eigenvalue weighted by Crippen LogP contribution is -2.39. The van der Waals surface area contributed by atoms with Gasteiger partial charge in [-0.05, 0) is 36.6 Å². The minimum atomic E-state index is 0.0310. The smallest absolute Gasteiger partial charge is 0.236 e. The van der Waals surface area contributed by atoms with Gasteiger partial charge in [-0.1, -0.05) is 18.9 Å². The van der Waals surface area contributed by atoms with Gasteiger partial charge in [0.1, 0.15) is 12.1 Å². The Labute approximate surface area is 186 Å². The molecule has 1 saturated heterocycles. The molecular weight excluding hydrogens is 408 g/mol. The van der Waals surface area contributed by atoms with Gasteiger partial charge in [-0.25, -0.2) is 9.97 Å². The van der Waals surface area contributed by atoms with Crippen LogP contribution in [-0.2, 0) is 11.3 Å². The summed E-state index contributed by atoms with van der Waals surface area (Å²) in [5.74, 6) is 2.93. The molecule has 0 aliphatic carbocycles. The van der Waals surface area contributed by atoms with E-state index in [0.717, 1.165) is 55.1 Å². The molecule has 1 aromatic carbocycles. The molecule has 5 rings (SSSR count). The molecule has 4 heterocycles. The van der Waals surface area contributed by atoms with Crippen LogP contribution in [0.5, 0.6) is 11.5 Å². The van der Waals surface area contributed by atoms with Crippen LogP contribution in [0.3, 0.4) is 0 Å². The lowest BCUT2D eigenvalue weighted by molar-refractivity contribution is -0.121. The zero-order chi connectivity index (χ0) is 21.8. The average Bonchev–Trinajstić information content (AvgIpc) is 3.47. The first-order valence-electron chi connectivity index (χ1n) is 11.0. The number of benzene rings is 1. The standard InChI is InChI=1S/C23H26N6O3/c30-22(26-14-17-5-6-19-20(12-17)32-16-31-19)13-18-4-2-1-3-10-29(18)21-7-8-25-23(27-21)28-11-9-24-15-28/h5-9,11-12,15,18H,1-4,10,13-14,16H2,(H,26,30). The van der Waals surface area contributed by atoms with E-state index in [0.29, 0.717) is 18.9 Å². The summed E-state index contributed by atoms with van der Waals surface area (Å²) in [5.41, 5.74) is 0.987. The van der Waals surface area contributed by atoms with E-state index in [1.54, 1.807) is 23.3 Å². The summed E-state index contributed by atoms with van der Waals surface area (Å²) < 4.78 is 12.6. The third-order valence-electron chi connectivity index (χ3n) is 5.88. The highest BCUT2D eigenvalue weighted by Gasteiger charge is 2.25. The second kappa shape index (κ2) is 9.25. The van der Waals surface area contributed by atoms with Gasteiger partial charge in [-0.2, -0.15) is 4.98 Å². The van der Waals surface area contributed by atoms with Crippen LogP contribution < -0.4 is 19.7 Å². The lowest BCUT2D eigenvalue weighted by atomic mass is 10.1. The first-order valence-corrected chi connectivity index (χ1v) is 11.0. The van der Waals surface area contributed by atoms with Crippen molar-refractivity contribution in [3.05, 3.63) is 54.7 Å². The quantitative estimate of drug-likeness (QED) is 0.637. The summed E-state index contributed by atoms with van der Waals surface area (Å²) in [5, 5.41) is 3.06. The molecule has 2 aliphatic heterocycles. The van der Waals surface area contributed by atoms with Crippen LogP contribution in [0.2, 0.25) is 0 Å². The van der Waals surface area contributed by atoms with Crippen LogP contribution in [0.25, 0.3) is 5.95 Å². The fourth-order valence-electron chi connectivity index (χ4n) is 4.23. The van der Waals surface area contributed by atoms with Crippen molar-refractivity contribution in [1.82, 2.24) is 24.8 Å². The van der Waals surface area contributed by atoms with E-state index in [9.17, 15) is 4.79 Å².